The highest BCUT2D eigenvalue weighted by molar-refractivity contribution is 5.85. The van der Waals surface area contributed by atoms with Crippen LogP contribution in [0, 0.1) is 0 Å². The van der Waals surface area contributed by atoms with Gasteiger partial charge in [-0.25, -0.2) is 0 Å². The Kier molecular flexibility index (Phi) is 9.24. The minimum absolute atomic E-state index is 0.181. The maximum atomic E-state index is 2.54. The van der Waals surface area contributed by atoms with E-state index < -0.39 is 0 Å². The maximum absolute atomic E-state index is 2.54. The Morgan fingerprint density at radius 3 is 1.39 bits per heavy atom. The first kappa shape index (κ1) is 34.8. The molecule has 0 N–H and O–H groups in total. The average Bonchev–Trinajstić information content (AvgIpc) is 3.55. The van der Waals surface area contributed by atoms with Gasteiger partial charge in [-0.15, -0.1) is 0 Å². The molecule has 0 saturated carbocycles. The van der Waals surface area contributed by atoms with Crippen LogP contribution in [0.1, 0.15) is 52.6 Å². The standard InChI is InChI=1S/C55H46N2/c1-5-20-45(21-6-1)56(46-22-7-2-8-23-46)49-36-37-54(57(47-24-9-3-10-25-47)48-26-11-4-12-27-48)43(40-49)19-17-18-38-55(44-35-34-41-32-33-42(41)39-44)52-30-15-13-28-50(52)51-29-14-16-31-53(51)55/h1-16,20-31,34-37,39-40H,17-19,32-33,38H2. The summed E-state index contributed by atoms with van der Waals surface area (Å²) >= 11 is 0. The highest BCUT2D eigenvalue weighted by Crippen LogP contribution is 2.55. The van der Waals surface area contributed by atoms with E-state index in [1.54, 1.807) is 0 Å². The molecule has 0 bridgehead atoms. The van der Waals surface area contributed by atoms with Gasteiger partial charge in [0, 0.05) is 39.5 Å². The molecule has 8 aromatic rings. The molecule has 2 aliphatic carbocycles. The maximum Gasteiger partial charge on any atom is 0.0495 e. The molecule has 0 heterocycles. The lowest BCUT2D eigenvalue weighted by molar-refractivity contribution is 0.526. The van der Waals surface area contributed by atoms with Gasteiger partial charge in [-0.3, -0.25) is 0 Å². The number of rotatable bonds is 12. The predicted octanol–water partition coefficient (Wildman–Crippen LogP) is 14.5. The third kappa shape index (κ3) is 6.32. The van der Waals surface area contributed by atoms with Gasteiger partial charge in [0.05, 0.1) is 0 Å². The molecule has 0 aromatic heterocycles. The first-order valence-electron chi connectivity index (χ1n) is 20.5. The van der Waals surface area contributed by atoms with Crippen LogP contribution in [-0.2, 0) is 24.7 Å². The molecule has 2 heteroatoms. The smallest absolute Gasteiger partial charge is 0.0495 e. The fourth-order valence-corrected chi connectivity index (χ4v) is 9.53. The van der Waals surface area contributed by atoms with Gasteiger partial charge >= 0.3 is 0 Å². The molecule has 0 unspecified atom stereocenters. The predicted molar refractivity (Wildman–Crippen MR) is 239 cm³/mol. The summed E-state index contributed by atoms with van der Waals surface area (Å²) in [5.74, 6) is 0. The molecule has 0 saturated heterocycles. The minimum Gasteiger partial charge on any atom is -0.310 e. The second-order valence-corrected chi connectivity index (χ2v) is 15.5. The van der Waals surface area contributed by atoms with Gasteiger partial charge in [-0.1, -0.05) is 146 Å². The lowest BCUT2D eigenvalue weighted by atomic mass is 9.68. The lowest BCUT2D eigenvalue weighted by Gasteiger charge is -2.35. The van der Waals surface area contributed by atoms with Crippen molar-refractivity contribution in [1.29, 1.82) is 0 Å². The van der Waals surface area contributed by atoms with Gasteiger partial charge in [0.2, 0.25) is 0 Å². The van der Waals surface area contributed by atoms with Crippen molar-refractivity contribution in [3.63, 3.8) is 0 Å². The molecule has 0 amide bonds. The Morgan fingerprint density at radius 2 is 0.877 bits per heavy atom. The number of nitrogens with zero attached hydrogens (tertiary/aromatic N) is 2. The zero-order valence-electron chi connectivity index (χ0n) is 32.3. The zero-order valence-corrected chi connectivity index (χ0v) is 32.3. The first-order chi connectivity index (χ1) is 28.3. The third-order valence-corrected chi connectivity index (χ3v) is 12.3. The molecular weight excluding hydrogens is 689 g/mol. The summed E-state index contributed by atoms with van der Waals surface area (Å²) < 4.78 is 0. The van der Waals surface area contributed by atoms with Crippen molar-refractivity contribution in [2.24, 2.45) is 0 Å². The van der Waals surface area contributed by atoms with Crippen LogP contribution in [0.25, 0.3) is 11.1 Å². The molecule has 276 valence electrons. The summed E-state index contributed by atoms with van der Waals surface area (Å²) in [6.45, 7) is 0. The molecular formula is C55H46N2. The zero-order chi connectivity index (χ0) is 38.0. The number of unbranched alkanes of at least 4 members (excludes halogenated alkanes) is 1. The number of aryl methyl sites for hydroxylation is 3. The van der Waals surface area contributed by atoms with Crippen LogP contribution in [-0.4, -0.2) is 0 Å². The average molecular weight is 735 g/mol. The van der Waals surface area contributed by atoms with Crippen molar-refractivity contribution in [3.8, 4) is 11.1 Å². The van der Waals surface area contributed by atoms with Crippen molar-refractivity contribution >= 4 is 34.1 Å². The van der Waals surface area contributed by atoms with Crippen molar-refractivity contribution < 1.29 is 0 Å². The van der Waals surface area contributed by atoms with E-state index in [2.05, 4.69) is 216 Å². The molecule has 0 aliphatic heterocycles. The summed E-state index contributed by atoms with van der Waals surface area (Å²) in [5, 5.41) is 0. The van der Waals surface area contributed by atoms with Crippen LogP contribution < -0.4 is 9.80 Å². The Bertz CT molecular complexity index is 2510. The van der Waals surface area contributed by atoms with Crippen molar-refractivity contribution in [1.82, 2.24) is 0 Å². The fourth-order valence-electron chi connectivity index (χ4n) is 9.53. The fraction of sp³-hybridized carbons (Fsp3) is 0.127. The number of benzene rings is 8. The van der Waals surface area contributed by atoms with Gasteiger partial charge < -0.3 is 9.80 Å². The summed E-state index contributed by atoms with van der Waals surface area (Å²) in [5.41, 5.74) is 18.3. The second kappa shape index (κ2) is 15.1. The van der Waals surface area contributed by atoms with Gasteiger partial charge in [0.15, 0.2) is 0 Å². The van der Waals surface area contributed by atoms with Crippen LogP contribution in [0.2, 0.25) is 0 Å². The molecule has 2 aliphatic rings. The quantitative estimate of drug-likeness (QED) is 0.115. The van der Waals surface area contributed by atoms with Crippen molar-refractivity contribution in [2.45, 2.75) is 43.9 Å². The van der Waals surface area contributed by atoms with Gasteiger partial charge in [0.25, 0.3) is 0 Å². The highest BCUT2D eigenvalue weighted by Gasteiger charge is 2.44. The van der Waals surface area contributed by atoms with Crippen LogP contribution >= 0.6 is 0 Å². The van der Waals surface area contributed by atoms with Crippen LogP contribution in [0.5, 0.6) is 0 Å². The first-order valence-corrected chi connectivity index (χ1v) is 20.5. The van der Waals surface area contributed by atoms with Gasteiger partial charge in [-0.2, -0.15) is 0 Å². The molecule has 0 radical (unpaired) electrons. The van der Waals surface area contributed by atoms with E-state index in [0.717, 1.165) is 54.1 Å². The Balaban J connectivity index is 1.06. The molecule has 10 rings (SSSR count). The number of fused-ring (bicyclic) bond motifs is 4. The van der Waals surface area contributed by atoms with E-state index in [1.807, 2.05) is 0 Å². The molecule has 57 heavy (non-hydrogen) atoms. The van der Waals surface area contributed by atoms with E-state index in [-0.39, 0.29) is 5.41 Å². The van der Waals surface area contributed by atoms with E-state index in [9.17, 15) is 0 Å². The Labute approximate surface area is 337 Å². The number of para-hydroxylation sites is 4. The van der Waals surface area contributed by atoms with Crippen LogP contribution in [0.15, 0.2) is 206 Å². The van der Waals surface area contributed by atoms with E-state index in [4.69, 9.17) is 0 Å². The monoisotopic (exact) mass is 734 g/mol. The Morgan fingerprint density at radius 1 is 0.386 bits per heavy atom. The summed E-state index contributed by atoms with van der Waals surface area (Å²) in [6, 6.07) is 76.0. The number of hydrogen-bond acceptors (Lipinski definition) is 2. The highest BCUT2D eigenvalue weighted by atomic mass is 15.2. The second-order valence-electron chi connectivity index (χ2n) is 15.5. The van der Waals surface area contributed by atoms with Crippen LogP contribution in [0.3, 0.4) is 0 Å². The van der Waals surface area contributed by atoms with E-state index in [1.165, 1.54) is 63.0 Å². The SMILES string of the molecule is c1ccc(N(c2ccccc2)c2ccc(N(c3ccccc3)c3ccccc3)c(CCCCC3(c4ccc5c(c4)CC5)c4ccccc4-c4ccccc43)c2)cc1. The third-order valence-electron chi connectivity index (χ3n) is 12.3. The lowest BCUT2D eigenvalue weighted by Crippen LogP contribution is -2.28. The van der Waals surface area contributed by atoms with E-state index in [0.29, 0.717) is 0 Å². The summed E-state index contributed by atoms with van der Waals surface area (Å²) in [4.78, 5) is 4.82. The molecule has 8 aromatic carbocycles. The molecule has 0 fully saturated rings. The largest absolute Gasteiger partial charge is 0.310 e. The van der Waals surface area contributed by atoms with Gasteiger partial charge in [0.1, 0.15) is 0 Å². The number of anilines is 6. The normalized spacial score (nSPS) is 13.2. The summed E-state index contributed by atoms with van der Waals surface area (Å²) in [6.07, 6.45) is 6.52. The summed E-state index contributed by atoms with van der Waals surface area (Å²) in [7, 11) is 0. The molecule has 0 spiro atoms. The van der Waals surface area contributed by atoms with Crippen LogP contribution in [0.4, 0.5) is 34.1 Å². The van der Waals surface area contributed by atoms with Gasteiger partial charge in [-0.05, 0) is 143 Å². The topological polar surface area (TPSA) is 6.48 Å². The van der Waals surface area contributed by atoms with Crippen molar-refractivity contribution in [2.75, 3.05) is 9.80 Å². The van der Waals surface area contributed by atoms with Crippen molar-refractivity contribution in [3.05, 3.63) is 240 Å². The number of hydrogen-bond donors (Lipinski definition) is 0. The van der Waals surface area contributed by atoms with E-state index >= 15 is 0 Å². The Hall–Kier alpha value is -6.64. The molecule has 2 nitrogen and oxygen atoms in total. The molecule has 0 atom stereocenters. The minimum atomic E-state index is -0.181.